The second kappa shape index (κ2) is 5.95. The lowest BCUT2D eigenvalue weighted by molar-refractivity contribution is -0.141. The topological polar surface area (TPSA) is 66.4 Å². The highest BCUT2D eigenvalue weighted by Crippen LogP contribution is 2.32. The van der Waals surface area contributed by atoms with Gasteiger partial charge >= 0.3 is 5.97 Å². The minimum absolute atomic E-state index is 0.00972. The average molecular weight is 295 g/mol. The molecule has 0 aromatic carbocycles. The molecule has 1 amide bonds. The summed E-state index contributed by atoms with van der Waals surface area (Å²) < 4.78 is 0. The molecule has 0 spiro atoms. The third kappa shape index (κ3) is 3.20. The van der Waals surface area contributed by atoms with Crippen LogP contribution in [0, 0.1) is 25.7 Å². The van der Waals surface area contributed by atoms with Crippen LogP contribution in [0.1, 0.15) is 47.5 Å². The van der Waals surface area contributed by atoms with E-state index in [-0.39, 0.29) is 23.8 Å². The second-order valence-corrected chi connectivity index (χ2v) is 7.10. The van der Waals surface area contributed by atoms with Crippen LogP contribution in [0.2, 0.25) is 0 Å². The van der Waals surface area contributed by atoms with Crippen molar-refractivity contribution in [1.82, 2.24) is 5.32 Å². The molecule has 5 heteroatoms. The smallest absolute Gasteiger partial charge is 0.306 e. The Morgan fingerprint density at radius 1 is 1.35 bits per heavy atom. The number of carbonyl (C=O) groups is 2. The average Bonchev–Trinajstić information content (AvgIpc) is 2.95. The Hall–Kier alpha value is -1.36. The van der Waals surface area contributed by atoms with Gasteiger partial charge in [0, 0.05) is 15.7 Å². The van der Waals surface area contributed by atoms with Crippen molar-refractivity contribution in [3.05, 3.63) is 21.4 Å². The van der Waals surface area contributed by atoms with Gasteiger partial charge in [0.15, 0.2) is 0 Å². The molecule has 1 aliphatic carbocycles. The molecule has 4 nitrogen and oxygen atoms in total. The number of thiophene rings is 1. The number of carboxylic acids is 1. The van der Waals surface area contributed by atoms with E-state index in [4.69, 9.17) is 5.11 Å². The van der Waals surface area contributed by atoms with Crippen LogP contribution in [0.3, 0.4) is 0 Å². The zero-order valence-corrected chi connectivity index (χ0v) is 12.9. The van der Waals surface area contributed by atoms with Gasteiger partial charge in [0.1, 0.15) is 0 Å². The fraction of sp³-hybridized carbons (Fsp3) is 0.600. The summed E-state index contributed by atoms with van der Waals surface area (Å²) in [6.07, 6.45) is 1.76. The van der Waals surface area contributed by atoms with Crippen LogP contribution in [0.4, 0.5) is 0 Å². The minimum Gasteiger partial charge on any atom is -0.481 e. The SMILES string of the molecule is Cc1cc(C(C)NC(=O)[C@@H]2CC[C@H](C(=O)O)C2)c(C)s1. The van der Waals surface area contributed by atoms with Crippen LogP contribution >= 0.6 is 11.3 Å². The predicted molar refractivity (Wildman–Crippen MR) is 78.8 cm³/mol. The molecule has 1 aromatic rings. The van der Waals surface area contributed by atoms with Gasteiger partial charge in [0.25, 0.3) is 0 Å². The number of hydrogen-bond donors (Lipinski definition) is 2. The summed E-state index contributed by atoms with van der Waals surface area (Å²) in [4.78, 5) is 25.6. The first-order valence-corrected chi connectivity index (χ1v) is 7.80. The molecule has 1 unspecified atom stereocenters. The number of aliphatic carboxylic acids is 1. The number of carboxylic acid groups (broad SMARTS) is 1. The molecule has 0 saturated heterocycles. The summed E-state index contributed by atoms with van der Waals surface area (Å²) in [5.41, 5.74) is 1.16. The first-order chi connectivity index (χ1) is 9.38. The standard InChI is InChI=1S/C15H21NO3S/c1-8-6-13(10(3)20-8)9(2)16-14(17)11-4-5-12(7-11)15(18)19/h6,9,11-12H,4-5,7H2,1-3H3,(H,16,17)(H,18,19)/t9?,11-,12+/m1/s1. The van der Waals surface area contributed by atoms with Crippen LogP contribution < -0.4 is 5.32 Å². The Balaban J connectivity index is 1.95. The summed E-state index contributed by atoms with van der Waals surface area (Å²) >= 11 is 1.73. The van der Waals surface area contributed by atoms with E-state index in [0.29, 0.717) is 19.3 Å². The number of amides is 1. The molecule has 1 saturated carbocycles. The Labute approximate surface area is 123 Å². The maximum absolute atomic E-state index is 12.2. The number of carbonyl (C=O) groups excluding carboxylic acids is 1. The van der Waals surface area contributed by atoms with E-state index >= 15 is 0 Å². The molecule has 2 N–H and O–H groups in total. The van der Waals surface area contributed by atoms with Crippen LogP contribution in [0.5, 0.6) is 0 Å². The number of nitrogens with one attached hydrogen (secondary N) is 1. The molecular weight excluding hydrogens is 274 g/mol. The van der Waals surface area contributed by atoms with Gasteiger partial charge in [-0.2, -0.15) is 0 Å². The van der Waals surface area contributed by atoms with Crippen molar-refractivity contribution in [1.29, 1.82) is 0 Å². The largest absolute Gasteiger partial charge is 0.481 e. The van der Waals surface area contributed by atoms with Crippen molar-refractivity contribution in [3.63, 3.8) is 0 Å². The Bertz CT molecular complexity index is 523. The quantitative estimate of drug-likeness (QED) is 0.897. The fourth-order valence-electron chi connectivity index (χ4n) is 2.93. The summed E-state index contributed by atoms with van der Waals surface area (Å²) in [6, 6.07) is 2.09. The minimum atomic E-state index is -0.780. The van der Waals surface area contributed by atoms with Gasteiger partial charge in [-0.25, -0.2) is 0 Å². The lowest BCUT2D eigenvalue weighted by atomic mass is 10.0. The molecule has 0 aliphatic heterocycles. The summed E-state index contributed by atoms with van der Waals surface area (Å²) in [5, 5.41) is 12.0. The summed E-state index contributed by atoms with van der Waals surface area (Å²) in [5.74, 6) is -1.30. The van der Waals surface area contributed by atoms with E-state index in [2.05, 4.69) is 25.2 Å². The van der Waals surface area contributed by atoms with Crippen molar-refractivity contribution in [2.75, 3.05) is 0 Å². The van der Waals surface area contributed by atoms with Gasteiger partial charge in [-0.3, -0.25) is 9.59 Å². The van der Waals surface area contributed by atoms with Gasteiger partial charge < -0.3 is 10.4 Å². The van der Waals surface area contributed by atoms with Crippen LogP contribution in [-0.2, 0) is 9.59 Å². The lowest BCUT2D eigenvalue weighted by Gasteiger charge is -2.17. The van der Waals surface area contributed by atoms with Crippen molar-refractivity contribution < 1.29 is 14.7 Å². The fourth-order valence-corrected chi connectivity index (χ4v) is 3.96. The molecule has 0 bridgehead atoms. The highest BCUT2D eigenvalue weighted by molar-refractivity contribution is 7.12. The Morgan fingerprint density at radius 2 is 2.00 bits per heavy atom. The summed E-state index contributed by atoms with van der Waals surface area (Å²) in [7, 11) is 0. The number of hydrogen-bond acceptors (Lipinski definition) is 3. The molecule has 1 aromatic heterocycles. The van der Waals surface area contributed by atoms with Crippen molar-refractivity contribution in [2.45, 2.75) is 46.1 Å². The van der Waals surface area contributed by atoms with Crippen molar-refractivity contribution >= 4 is 23.2 Å². The van der Waals surface area contributed by atoms with Crippen LogP contribution in [0.25, 0.3) is 0 Å². The van der Waals surface area contributed by atoms with E-state index in [1.165, 1.54) is 9.75 Å². The molecule has 3 atom stereocenters. The molecule has 20 heavy (non-hydrogen) atoms. The maximum Gasteiger partial charge on any atom is 0.306 e. The maximum atomic E-state index is 12.2. The first-order valence-electron chi connectivity index (χ1n) is 6.98. The van der Waals surface area contributed by atoms with Gasteiger partial charge in [0.05, 0.1) is 12.0 Å². The zero-order valence-electron chi connectivity index (χ0n) is 12.1. The van der Waals surface area contributed by atoms with Gasteiger partial charge in [-0.1, -0.05) is 0 Å². The zero-order chi connectivity index (χ0) is 14.9. The molecule has 0 radical (unpaired) electrons. The van der Waals surface area contributed by atoms with Gasteiger partial charge in [-0.05, 0) is 51.7 Å². The predicted octanol–water partition coefficient (Wildman–Crippen LogP) is 3.04. The lowest BCUT2D eigenvalue weighted by Crippen LogP contribution is -2.32. The van der Waals surface area contributed by atoms with E-state index in [9.17, 15) is 9.59 Å². The highest BCUT2D eigenvalue weighted by Gasteiger charge is 2.34. The Morgan fingerprint density at radius 3 is 2.50 bits per heavy atom. The normalized spacial score (nSPS) is 23.6. The Kier molecular flexibility index (Phi) is 4.48. The molecular formula is C15H21NO3S. The van der Waals surface area contributed by atoms with E-state index in [1.807, 2.05) is 6.92 Å². The van der Waals surface area contributed by atoms with Crippen LogP contribution in [0.15, 0.2) is 6.07 Å². The van der Waals surface area contributed by atoms with Crippen molar-refractivity contribution in [2.24, 2.45) is 11.8 Å². The van der Waals surface area contributed by atoms with Crippen LogP contribution in [-0.4, -0.2) is 17.0 Å². The van der Waals surface area contributed by atoms with Crippen molar-refractivity contribution in [3.8, 4) is 0 Å². The van der Waals surface area contributed by atoms with Gasteiger partial charge in [0.2, 0.25) is 5.91 Å². The molecule has 1 heterocycles. The van der Waals surface area contributed by atoms with E-state index in [1.54, 1.807) is 11.3 Å². The van der Waals surface area contributed by atoms with E-state index < -0.39 is 5.97 Å². The highest BCUT2D eigenvalue weighted by atomic mass is 32.1. The molecule has 1 aliphatic rings. The second-order valence-electron chi connectivity index (χ2n) is 5.64. The third-order valence-corrected chi connectivity index (χ3v) is 5.04. The number of aryl methyl sites for hydroxylation is 2. The first kappa shape index (κ1) is 15.0. The van der Waals surface area contributed by atoms with E-state index in [0.717, 1.165) is 5.56 Å². The number of rotatable bonds is 4. The molecule has 2 rings (SSSR count). The van der Waals surface area contributed by atoms with Gasteiger partial charge in [-0.15, -0.1) is 11.3 Å². The molecule has 1 fully saturated rings. The third-order valence-electron chi connectivity index (χ3n) is 4.06. The summed E-state index contributed by atoms with van der Waals surface area (Å²) in [6.45, 7) is 6.10. The monoisotopic (exact) mass is 295 g/mol. The molecule has 110 valence electrons.